The summed E-state index contributed by atoms with van der Waals surface area (Å²) in [6, 6.07) is 9.99. The zero-order valence-electron chi connectivity index (χ0n) is 12.6. The van der Waals surface area contributed by atoms with Crippen molar-refractivity contribution in [2.75, 3.05) is 0 Å². The van der Waals surface area contributed by atoms with E-state index in [-0.39, 0.29) is 23.3 Å². The smallest absolute Gasteiger partial charge is 0.222 e. The summed E-state index contributed by atoms with van der Waals surface area (Å²) in [5.41, 5.74) is 0.651. The van der Waals surface area contributed by atoms with E-state index < -0.39 is 0 Å². The van der Waals surface area contributed by atoms with E-state index in [2.05, 4.69) is 5.32 Å². The lowest BCUT2D eigenvalue weighted by molar-refractivity contribution is -0.123. The van der Waals surface area contributed by atoms with E-state index in [9.17, 15) is 9.18 Å². The average Bonchev–Trinajstić information content (AvgIpc) is 2.88. The minimum atomic E-state index is -0.274. The SMILES string of the molecule is CC(C)(C)NC(=O)C[C@@H](c1ccc(F)cc1)n1cccc1. The van der Waals surface area contributed by atoms with E-state index >= 15 is 0 Å². The molecule has 0 saturated heterocycles. The van der Waals surface area contributed by atoms with Gasteiger partial charge in [0, 0.05) is 17.9 Å². The van der Waals surface area contributed by atoms with Crippen LogP contribution in [-0.2, 0) is 4.79 Å². The fourth-order valence-electron chi connectivity index (χ4n) is 2.28. The zero-order chi connectivity index (χ0) is 15.5. The number of hydrogen-bond acceptors (Lipinski definition) is 1. The number of hydrogen-bond donors (Lipinski definition) is 1. The summed E-state index contributed by atoms with van der Waals surface area (Å²) in [5.74, 6) is -0.297. The summed E-state index contributed by atoms with van der Waals surface area (Å²) in [7, 11) is 0. The Bertz CT molecular complexity index is 582. The van der Waals surface area contributed by atoms with Crippen LogP contribution in [0.3, 0.4) is 0 Å². The van der Waals surface area contributed by atoms with Crippen molar-refractivity contribution in [3.63, 3.8) is 0 Å². The van der Waals surface area contributed by atoms with Gasteiger partial charge in [0.1, 0.15) is 5.82 Å². The van der Waals surface area contributed by atoms with Gasteiger partial charge in [-0.05, 0) is 50.6 Å². The van der Waals surface area contributed by atoms with Crippen LogP contribution in [0.15, 0.2) is 48.8 Å². The standard InChI is InChI=1S/C17H21FN2O/c1-17(2,3)19-16(21)12-15(20-10-4-5-11-20)13-6-8-14(18)9-7-13/h4-11,15H,12H2,1-3H3,(H,19,21)/t15-/m0/s1. The quantitative estimate of drug-likeness (QED) is 0.917. The molecule has 0 fully saturated rings. The van der Waals surface area contributed by atoms with Gasteiger partial charge in [-0.25, -0.2) is 4.39 Å². The van der Waals surface area contributed by atoms with Crippen molar-refractivity contribution in [3.05, 3.63) is 60.2 Å². The molecule has 2 rings (SSSR count). The molecule has 4 heteroatoms. The molecule has 0 bridgehead atoms. The first-order valence-electron chi connectivity index (χ1n) is 7.04. The van der Waals surface area contributed by atoms with Gasteiger partial charge in [0.05, 0.1) is 12.5 Å². The van der Waals surface area contributed by atoms with Gasteiger partial charge in [0.25, 0.3) is 0 Å². The summed E-state index contributed by atoms with van der Waals surface area (Å²) in [6.07, 6.45) is 4.15. The molecule has 0 unspecified atom stereocenters. The molecule has 21 heavy (non-hydrogen) atoms. The molecular formula is C17H21FN2O. The molecule has 112 valence electrons. The van der Waals surface area contributed by atoms with Crippen LogP contribution in [0.4, 0.5) is 4.39 Å². The van der Waals surface area contributed by atoms with Crippen molar-refractivity contribution in [1.82, 2.24) is 9.88 Å². The predicted octanol–water partition coefficient (Wildman–Crippen LogP) is 3.52. The highest BCUT2D eigenvalue weighted by molar-refractivity contribution is 5.77. The van der Waals surface area contributed by atoms with Gasteiger partial charge < -0.3 is 9.88 Å². The van der Waals surface area contributed by atoms with Gasteiger partial charge in [-0.3, -0.25) is 4.79 Å². The lowest BCUT2D eigenvalue weighted by atomic mass is 10.0. The monoisotopic (exact) mass is 288 g/mol. The van der Waals surface area contributed by atoms with Gasteiger partial charge in [-0.1, -0.05) is 12.1 Å². The van der Waals surface area contributed by atoms with E-state index in [1.54, 1.807) is 12.1 Å². The van der Waals surface area contributed by atoms with E-state index in [1.807, 2.05) is 49.9 Å². The summed E-state index contributed by atoms with van der Waals surface area (Å²) in [4.78, 5) is 12.2. The second-order valence-corrected chi connectivity index (χ2v) is 6.20. The highest BCUT2D eigenvalue weighted by Gasteiger charge is 2.20. The Labute approximate surface area is 124 Å². The molecule has 0 spiro atoms. The number of rotatable bonds is 4. The molecule has 0 saturated carbocycles. The third kappa shape index (κ3) is 4.45. The van der Waals surface area contributed by atoms with Crippen molar-refractivity contribution in [3.8, 4) is 0 Å². The number of carbonyl (C=O) groups is 1. The second-order valence-electron chi connectivity index (χ2n) is 6.20. The van der Waals surface area contributed by atoms with Gasteiger partial charge in [-0.15, -0.1) is 0 Å². The summed E-state index contributed by atoms with van der Waals surface area (Å²) >= 11 is 0. The Balaban J connectivity index is 2.22. The number of nitrogens with one attached hydrogen (secondary N) is 1. The van der Waals surface area contributed by atoms with Crippen molar-refractivity contribution < 1.29 is 9.18 Å². The number of aromatic nitrogens is 1. The Morgan fingerprint density at radius 3 is 2.29 bits per heavy atom. The first-order chi connectivity index (χ1) is 9.85. The molecule has 0 aliphatic carbocycles. The van der Waals surface area contributed by atoms with Gasteiger partial charge >= 0.3 is 0 Å². The summed E-state index contributed by atoms with van der Waals surface area (Å²) in [5, 5.41) is 2.97. The van der Waals surface area contributed by atoms with Crippen molar-refractivity contribution in [1.29, 1.82) is 0 Å². The molecule has 1 N–H and O–H groups in total. The number of nitrogens with zero attached hydrogens (tertiary/aromatic N) is 1. The van der Waals surface area contributed by atoms with Crippen LogP contribution in [-0.4, -0.2) is 16.0 Å². The first kappa shape index (κ1) is 15.3. The molecule has 1 atom stereocenters. The Morgan fingerprint density at radius 2 is 1.76 bits per heavy atom. The first-order valence-corrected chi connectivity index (χ1v) is 7.04. The van der Waals surface area contributed by atoms with Crippen LogP contribution in [0.2, 0.25) is 0 Å². The maximum absolute atomic E-state index is 13.1. The zero-order valence-corrected chi connectivity index (χ0v) is 12.6. The maximum Gasteiger partial charge on any atom is 0.222 e. The lowest BCUT2D eigenvalue weighted by Crippen LogP contribution is -2.41. The van der Waals surface area contributed by atoms with E-state index in [1.165, 1.54) is 12.1 Å². The van der Waals surface area contributed by atoms with E-state index in [4.69, 9.17) is 0 Å². The molecule has 1 amide bonds. The molecule has 0 aliphatic rings. The van der Waals surface area contributed by atoms with Crippen LogP contribution >= 0.6 is 0 Å². The molecule has 0 radical (unpaired) electrons. The van der Waals surface area contributed by atoms with Gasteiger partial charge in [-0.2, -0.15) is 0 Å². The van der Waals surface area contributed by atoms with E-state index in [0.29, 0.717) is 6.42 Å². The predicted molar refractivity (Wildman–Crippen MR) is 81.5 cm³/mol. The van der Waals surface area contributed by atoms with Crippen LogP contribution in [0.5, 0.6) is 0 Å². The number of carbonyl (C=O) groups excluding carboxylic acids is 1. The van der Waals surface area contributed by atoms with Gasteiger partial charge in [0.2, 0.25) is 5.91 Å². The van der Waals surface area contributed by atoms with Crippen LogP contribution < -0.4 is 5.32 Å². The van der Waals surface area contributed by atoms with Crippen LogP contribution in [0, 0.1) is 5.82 Å². The topological polar surface area (TPSA) is 34.0 Å². The fourth-order valence-corrected chi connectivity index (χ4v) is 2.28. The normalized spacial score (nSPS) is 13.0. The Hall–Kier alpha value is -2.10. The van der Waals surface area contributed by atoms with Crippen LogP contribution in [0.25, 0.3) is 0 Å². The summed E-state index contributed by atoms with van der Waals surface area (Å²) < 4.78 is 15.1. The molecule has 2 aromatic rings. The van der Waals surface area contributed by atoms with Crippen molar-refractivity contribution in [2.45, 2.75) is 38.8 Å². The maximum atomic E-state index is 13.1. The average molecular weight is 288 g/mol. The molecular weight excluding hydrogens is 267 g/mol. The second kappa shape index (κ2) is 6.12. The number of amides is 1. The molecule has 1 heterocycles. The summed E-state index contributed by atoms with van der Waals surface area (Å²) in [6.45, 7) is 5.86. The van der Waals surface area contributed by atoms with Gasteiger partial charge in [0.15, 0.2) is 0 Å². The Morgan fingerprint density at radius 1 is 1.19 bits per heavy atom. The molecule has 3 nitrogen and oxygen atoms in total. The minimum Gasteiger partial charge on any atom is -0.351 e. The molecule has 1 aromatic carbocycles. The third-order valence-corrected chi connectivity index (χ3v) is 3.14. The Kier molecular flexibility index (Phi) is 4.46. The molecule has 1 aromatic heterocycles. The minimum absolute atomic E-state index is 0.0227. The number of halogens is 1. The van der Waals surface area contributed by atoms with Crippen molar-refractivity contribution >= 4 is 5.91 Å². The van der Waals surface area contributed by atoms with E-state index in [0.717, 1.165) is 5.56 Å². The highest BCUT2D eigenvalue weighted by atomic mass is 19.1. The lowest BCUT2D eigenvalue weighted by Gasteiger charge is -2.24. The molecule has 0 aliphatic heterocycles. The fraction of sp³-hybridized carbons (Fsp3) is 0.353. The van der Waals surface area contributed by atoms with Crippen LogP contribution in [0.1, 0.15) is 38.8 Å². The number of benzene rings is 1. The highest BCUT2D eigenvalue weighted by Crippen LogP contribution is 2.23. The largest absolute Gasteiger partial charge is 0.351 e. The van der Waals surface area contributed by atoms with Crippen molar-refractivity contribution in [2.24, 2.45) is 0 Å². The third-order valence-electron chi connectivity index (χ3n) is 3.14.